The first-order chi connectivity index (χ1) is 22.4. The van der Waals surface area contributed by atoms with Crippen LogP contribution in [-0.4, -0.2) is 65.4 Å². The van der Waals surface area contributed by atoms with Gasteiger partial charge >= 0.3 is 0 Å². The van der Waals surface area contributed by atoms with Crippen molar-refractivity contribution >= 4 is 67.5 Å². The summed E-state index contributed by atoms with van der Waals surface area (Å²) in [6.45, 7) is 18.8. The molecule has 2 aromatic heterocycles. The summed E-state index contributed by atoms with van der Waals surface area (Å²) in [6.07, 6.45) is 5.88. The van der Waals surface area contributed by atoms with Gasteiger partial charge < -0.3 is 10.5 Å². The highest BCUT2D eigenvalue weighted by Gasteiger charge is 2.48. The first-order valence-electron chi connectivity index (χ1n) is 17.2. The quantitative estimate of drug-likeness (QED) is 0.165. The maximum absolute atomic E-state index is 12.9. The van der Waals surface area contributed by atoms with Crippen molar-refractivity contribution in [3.8, 4) is 5.75 Å². The Morgan fingerprint density at radius 3 is 1.85 bits per heavy atom. The molecule has 0 unspecified atom stereocenters. The number of benzene rings is 2. The number of hydrogen-bond donors (Lipinski definition) is 1. The molecule has 6 nitrogen and oxygen atoms in total. The number of hydrogen-bond acceptors (Lipinski definition) is 8. The zero-order valence-corrected chi connectivity index (χ0v) is 31.7. The summed E-state index contributed by atoms with van der Waals surface area (Å²) >= 11 is 3.40. The van der Waals surface area contributed by atoms with E-state index in [0.717, 1.165) is 22.1 Å². The van der Waals surface area contributed by atoms with Crippen LogP contribution in [0.15, 0.2) is 47.2 Å². The number of thiophene rings is 2. The number of aryl methyl sites for hydroxylation is 2. The second kappa shape index (κ2) is 14.9. The van der Waals surface area contributed by atoms with E-state index in [1.54, 1.807) is 28.7 Å². The van der Waals surface area contributed by atoms with Gasteiger partial charge in [0.2, 0.25) is 0 Å². The molecule has 2 atom stereocenters. The molecule has 6 aliphatic rings. The molecule has 4 bridgehead atoms. The van der Waals surface area contributed by atoms with Crippen molar-refractivity contribution in [3.63, 3.8) is 0 Å². The summed E-state index contributed by atoms with van der Waals surface area (Å²) in [5.74, 6) is 2.95. The van der Waals surface area contributed by atoms with Crippen LogP contribution >= 0.6 is 35.1 Å². The lowest BCUT2D eigenvalue weighted by atomic mass is 9.65. The molecule has 48 heavy (non-hydrogen) atoms. The molecule has 6 aliphatic heterocycles. The molecular weight excluding hydrogens is 658 g/mol. The normalized spacial score (nSPS) is 27.6. The summed E-state index contributed by atoms with van der Waals surface area (Å²) in [4.78, 5) is 28.1. The highest BCUT2D eigenvalue weighted by atomic mass is 35.5. The van der Waals surface area contributed by atoms with Crippen molar-refractivity contribution in [1.29, 1.82) is 0 Å². The lowest BCUT2D eigenvalue weighted by Gasteiger charge is -2.56. The van der Waals surface area contributed by atoms with Crippen molar-refractivity contribution < 1.29 is 14.3 Å². The summed E-state index contributed by atoms with van der Waals surface area (Å²) in [5.41, 5.74) is 10.1. The van der Waals surface area contributed by atoms with E-state index in [9.17, 15) is 9.59 Å². The van der Waals surface area contributed by atoms with Crippen molar-refractivity contribution in [2.45, 2.75) is 90.8 Å². The monoisotopic (exact) mass is 709 g/mol. The molecule has 9 heteroatoms. The zero-order chi connectivity index (χ0) is 33.5. The van der Waals surface area contributed by atoms with Crippen LogP contribution in [0.1, 0.15) is 81.3 Å². The molecule has 0 spiro atoms. The third kappa shape index (κ3) is 7.26. The number of nitrogens with two attached hydrogens (primary N) is 1. The zero-order valence-electron chi connectivity index (χ0n) is 29.3. The van der Waals surface area contributed by atoms with Gasteiger partial charge in [-0.15, -0.1) is 35.1 Å². The Labute approximate surface area is 300 Å². The second-order valence-corrected chi connectivity index (χ2v) is 17.0. The van der Waals surface area contributed by atoms with Gasteiger partial charge in [-0.05, 0) is 168 Å². The Hall–Kier alpha value is -2.33. The van der Waals surface area contributed by atoms with Crippen LogP contribution in [0.2, 0.25) is 0 Å². The Balaban J connectivity index is 0.000000153. The maximum Gasteiger partial charge on any atom is 0.298 e. The SMILES string of the molecule is CC1(C)[C@H](N)C2CCN1CC2.Cc1csc2cc(C(=O)C[C@@H]3C4CCN(CC4)C3(C)C)ccc12.Cc1csc2cc(OC=O)ccc12.Cl. The van der Waals surface area contributed by atoms with Gasteiger partial charge in [0.1, 0.15) is 5.75 Å². The van der Waals surface area contributed by atoms with Crippen LogP contribution in [0.3, 0.4) is 0 Å². The van der Waals surface area contributed by atoms with Crippen LogP contribution < -0.4 is 10.5 Å². The molecule has 2 aromatic carbocycles. The summed E-state index contributed by atoms with van der Waals surface area (Å²) < 4.78 is 7.14. The largest absolute Gasteiger partial charge is 0.429 e. The highest BCUT2D eigenvalue weighted by Crippen LogP contribution is 2.46. The molecule has 8 heterocycles. The van der Waals surface area contributed by atoms with Gasteiger partial charge in [0.25, 0.3) is 6.47 Å². The number of ether oxygens (including phenoxy) is 1. The van der Waals surface area contributed by atoms with Crippen LogP contribution in [0.4, 0.5) is 0 Å². The Kier molecular flexibility index (Phi) is 11.4. The number of ketones is 1. The number of carbonyl (C=O) groups is 2. The molecule has 0 radical (unpaired) electrons. The Bertz CT molecular complexity index is 1730. The van der Waals surface area contributed by atoms with Crippen LogP contribution in [0.5, 0.6) is 5.75 Å². The third-order valence-corrected chi connectivity index (χ3v) is 14.1. The molecule has 10 rings (SSSR count). The molecule has 4 aromatic rings. The van der Waals surface area contributed by atoms with E-state index in [4.69, 9.17) is 10.5 Å². The standard InChI is InChI=1S/C20H25NOS.C10H8O2S.C9H18N2.ClH/c1-13-12-23-19-10-15(4-5-16(13)19)18(22)11-17-14-6-8-21(9-7-14)20(17,2)3;1-7-5-13-10-4-8(12-6-11)2-3-9(7)10;1-9(2)8(10)7-3-5-11(9)6-4-7;/h4-5,10,12,14,17H,6-9,11H2,1-3H3;2-6H,1H3;7-8H,3-6,10H2,1-2H3;1H/t17-;;8-;/m1.1./s1. The van der Waals surface area contributed by atoms with Gasteiger partial charge in [0.05, 0.1) is 0 Å². The molecule has 6 saturated heterocycles. The molecule has 0 saturated carbocycles. The average molecular weight is 710 g/mol. The van der Waals surface area contributed by atoms with Gasteiger partial charge in [0.15, 0.2) is 5.78 Å². The number of fused-ring (bicyclic) bond motifs is 8. The lowest BCUT2D eigenvalue weighted by Crippen LogP contribution is -2.67. The van der Waals surface area contributed by atoms with E-state index in [0.29, 0.717) is 36.4 Å². The van der Waals surface area contributed by atoms with Gasteiger partial charge in [0, 0.05) is 38.5 Å². The van der Waals surface area contributed by atoms with Crippen molar-refractivity contribution in [2.24, 2.45) is 23.5 Å². The fourth-order valence-electron chi connectivity index (χ4n) is 8.65. The van der Waals surface area contributed by atoms with E-state index >= 15 is 0 Å². The van der Waals surface area contributed by atoms with Gasteiger partial charge in [-0.3, -0.25) is 19.4 Å². The summed E-state index contributed by atoms with van der Waals surface area (Å²) in [7, 11) is 0. The summed E-state index contributed by atoms with van der Waals surface area (Å²) in [5, 5.41) is 6.78. The van der Waals surface area contributed by atoms with Crippen LogP contribution in [-0.2, 0) is 4.79 Å². The Morgan fingerprint density at radius 2 is 1.35 bits per heavy atom. The molecule has 0 aliphatic carbocycles. The van der Waals surface area contributed by atoms with Crippen LogP contribution in [0, 0.1) is 31.6 Å². The van der Waals surface area contributed by atoms with Crippen LogP contribution in [0.25, 0.3) is 20.2 Å². The number of carbonyl (C=O) groups excluding carboxylic acids is 2. The number of piperidine rings is 6. The molecule has 2 N–H and O–H groups in total. The molecular formula is C39H52ClN3O3S2. The van der Waals surface area contributed by atoms with Gasteiger partial charge in [-0.1, -0.05) is 12.1 Å². The first kappa shape index (κ1) is 36.9. The smallest absolute Gasteiger partial charge is 0.298 e. The van der Waals surface area contributed by atoms with Crippen molar-refractivity contribution in [3.05, 3.63) is 63.8 Å². The van der Waals surface area contributed by atoms with Gasteiger partial charge in [-0.25, -0.2) is 0 Å². The number of halogens is 1. The van der Waals surface area contributed by atoms with Gasteiger partial charge in [-0.2, -0.15) is 0 Å². The topological polar surface area (TPSA) is 75.9 Å². The van der Waals surface area contributed by atoms with E-state index in [-0.39, 0.29) is 23.5 Å². The molecule has 0 amide bonds. The average Bonchev–Trinajstić information content (AvgIpc) is 3.63. The minimum Gasteiger partial charge on any atom is -0.429 e. The first-order valence-corrected chi connectivity index (χ1v) is 19.0. The number of Topliss-reactive ketones (excluding diaryl/α,β-unsaturated/α-hetero) is 1. The second-order valence-electron chi connectivity index (χ2n) is 15.1. The van der Waals surface area contributed by atoms with E-state index < -0.39 is 0 Å². The van der Waals surface area contributed by atoms with E-state index in [2.05, 4.69) is 74.2 Å². The lowest BCUT2D eigenvalue weighted by molar-refractivity contribution is -0.120. The number of rotatable bonds is 5. The molecule has 6 fully saturated rings. The predicted molar refractivity (Wildman–Crippen MR) is 204 cm³/mol. The van der Waals surface area contributed by atoms with Crippen molar-refractivity contribution in [1.82, 2.24) is 9.80 Å². The summed E-state index contributed by atoms with van der Waals surface area (Å²) in [6, 6.07) is 12.3. The number of nitrogens with zero attached hydrogens (tertiary/aromatic N) is 2. The van der Waals surface area contributed by atoms with Crippen molar-refractivity contribution in [2.75, 3.05) is 26.2 Å². The fraction of sp³-hybridized carbons (Fsp3) is 0.538. The maximum atomic E-state index is 12.9. The van der Waals surface area contributed by atoms with E-state index in [1.165, 1.54) is 78.5 Å². The third-order valence-electron chi connectivity index (χ3n) is 11.9. The minimum atomic E-state index is 0. The highest BCUT2D eigenvalue weighted by molar-refractivity contribution is 7.17. The predicted octanol–water partition coefficient (Wildman–Crippen LogP) is 8.89. The fourth-order valence-corrected chi connectivity index (χ4v) is 10.6. The molecule has 260 valence electrons. The Morgan fingerprint density at radius 1 is 0.833 bits per heavy atom. The minimum absolute atomic E-state index is 0. The van der Waals surface area contributed by atoms with E-state index in [1.807, 2.05) is 18.2 Å².